The Labute approximate surface area is 137 Å². The Balaban J connectivity index is 2.06. The Kier molecular flexibility index (Phi) is 5.98. The summed E-state index contributed by atoms with van der Waals surface area (Å²) >= 11 is 0. The van der Waals surface area contributed by atoms with E-state index in [9.17, 15) is 8.42 Å². The van der Waals surface area contributed by atoms with E-state index in [4.69, 9.17) is 4.74 Å². The molecule has 23 heavy (non-hydrogen) atoms. The molecule has 124 valence electrons. The zero-order valence-electron chi connectivity index (χ0n) is 13.5. The number of pyridine rings is 1. The van der Waals surface area contributed by atoms with Gasteiger partial charge in [0.1, 0.15) is 0 Å². The van der Waals surface area contributed by atoms with Crippen molar-refractivity contribution in [2.75, 3.05) is 11.8 Å². The summed E-state index contributed by atoms with van der Waals surface area (Å²) in [5.41, 5.74) is 1.56. The molecular weight excluding hydrogens is 312 g/mol. The van der Waals surface area contributed by atoms with E-state index in [0.717, 1.165) is 18.4 Å². The molecule has 0 radical (unpaired) electrons. The van der Waals surface area contributed by atoms with Crippen LogP contribution in [0.3, 0.4) is 0 Å². The van der Waals surface area contributed by atoms with Crippen LogP contribution in [0.25, 0.3) is 0 Å². The molecule has 0 bridgehead atoms. The highest BCUT2D eigenvalue weighted by Crippen LogP contribution is 2.18. The normalized spacial score (nSPS) is 11.2. The quantitative estimate of drug-likeness (QED) is 0.749. The second kappa shape index (κ2) is 7.97. The third-order valence-electron chi connectivity index (χ3n) is 3.50. The van der Waals surface area contributed by atoms with Crippen LogP contribution in [0.4, 0.5) is 5.69 Å². The maximum atomic E-state index is 12.4. The Morgan fingerprint density at radius 2 is 1.83 bits per heavy atom. The second-order valence-corrected chi connectivity index (χ2v) is 6.98. The number of sulfonamides is 1. The van der Waals surface area contributed by atoms with Gasteiger partial charge in [0.15, 0.2) is 0 Å². The van der Waals surface area contributed by atoms with Crippen molar-refractivity contribution in [3.8, 4) is 5.88 Å². The molecule has 0 aliphatic rings. The number of methoxy groups -OCH3 is 1. The Morgan fingerprint density at radius 1 is 1.09 bits per heavy atom. The van der Waals surface area contributed by atoms with Crippen molar-refractivity contribution in [1.82, 2.24) is 4.98 Å². The highest BCUT2D eigenvalue weighted by atomic mass is 32.2. The van der Waals surface area contributed by atoms with E-state index in [1.54, 1.807) is 24.3 Å². The molecule has 0 fully saturated rings. The van der Waals surface area contributed by atoms with Gasteiger partial charge >= 0.3 is 0 Å². The van der Waals surface area contributed by atoms with Crippen LogP contribution in [-0.2, 0) is 16.4 Å². The van der Waals surface area contributed by atoms with Crippen molar-refractivity contribution < 1.29 is 13.2 Å². The number of anilines is 1. The minimum absolute atomic E-state index is 0.243. The first-order valence-electron chi connectivity index (χ1n) is 7.67. The number of nitrogens with one attached hydrogen (secondary N) is 1. The van der Waals surface area contributed by atoms with Gasteiger partial charge in [-0.15, -0.1) is 0 Å². The van der Waals surface area contributed by atoms with E-state index in [1.807, 2.05) is 12.1 Å². The largest absolute Gasteiger partial charge is 0.481 e. The first kappa shape index (κ1) is 17.3. The lowest BCUT2D eigenvalue weighted by Gasteiger charge is -2.09. The van der Waals surface area contributed by atoms with Crippen molar-refractivity contribution in [3.05, 3.63) is 48.2 Å². The van der Waals surface area contributed by atoms with Crippen molar-refractivity contribution in [3.63, 3.8) is 0 Å². The monoisotopic (exact) mass is 334 g/mol. The first-order chi connectivity index (χ1) is 11.0. The highest BCUT2D eigenvalue weighted by Gasteiger charge is 2.14. The van der Waals surface area contributed by atoms with Crippen LogP contribution >= 0.6 is 0 Å². The van der Waals surface area contributed by atoms with Crippen molar-refractivity contribution in [2.24, 2.45) is 0 Å². The summed E-state index contributed by atoms with van der Waals surface area (Å²) in [6.45, 7) is 2.16. The third kappa shape index (κ3) is 4.96. The molecule has 1 aromatic heterocycles. The maximum absolute atomic E-state index is 12.4. The van der Waals surface area contributed by atoms with Gasteiger partial charge in [-0.2, -0.15) is 0 Å². The molecule has 0 unspecified atom stereocenters. The van der Waals surface area contributed by atoms with Gasteiger partial charge in [0.05, 0.1) is 23.9 Å². The predicted octanol–water partition coefficient (Wildman–Crippen LogP) is 3.62. The van der Waals surface area contributed by atoms with E-state index in [1.165, 1.54) is 26.1 Å². The number of ether oxygens (including phenoxy) is 1. The Bertz CT molecular complexity index is 711. The number of rotatable bonds is 8. The van der Waals surface area contributed by atoms with Crippen LogP contribution in [0.5, 0.6) is 5.88 Å². The molecule has 0 aliphatic heterocycles. The second-order valence-electron chi connectivity index (χ2n) is 5.30. The highest BCUT2D eigenvalue weighted by molar-refractivity contribution is 7.92. The summed E-state index contributed by atoms with van der Waals surface area (Å²) in [6, 6.07) is 10.2. The van der Waals surface area contributed by atoms with Gasteiger partial charge in [0.25, 0.3) is 10.0 Å². The Hall–Kier alpha value is -2.08. The van der Waals surface area contributed by atoms with E-state index in [2.05, 4.69) is 16.6 Å². The summed E-state index contributed by atoms with van der Waals surface area (Å²) in [5.74, 6) is 0.435. The van der Waals surface area contributed by atoms with Crippen LogP contribution in [0.2, 0.25) is 0 Å². The fourth-order valence-corrected chi connectivity index (χ4v) is 3.23. The van der Waals surface area contributed by atoms with Crippen LogP contribution in [0.15, 0.2) is 47.5 Å². The molecule has 0 spiro atoms. The first-order valence-corrected chi connectivity index (χ1v) is 9.15. The molecule has 0 amide bonds. The minimum Gasteiger partial charge on any atom is -0.481 e. The third-order valence-corrected chi connectivity index (χ3v) is 4.90. The van der Waals surface area contributed by atoms with Gasteiger partial charge in [0, 0.05) is 6.07 Å². The van der Waals surface area contributed by atoms with Crippen LogP contribution in [-0.4, -0.2) is 20.5 Å². The molecule has 2 rings (SSSR count). The summed E-state index contributed by atoms with van der Waals surface area (Å²) in [6.07, 6.45) is 5.89. The van der Waals surface area contributed by atoms with Gasteiger partial charge in [-0.3, -0.25) is 4.72 Å². The minimum atomic E-state index is -3.61. The molecule has 5 nitrogen and oxygen atoms in total. The molecule has 1 heterocycles. The van der Waals surface area contributed by atoms with Gasteiger partial charge in [-0.1, -0.05) is 31.9 Å². The molecule has 0 saturated carbocycles. The molecule has 6 heteroatoms. The lowest BCUT2D eigenvalue weighted by atomic mass is 10.1. The zero-order valence-corrected chi connectivity index (χ0v) is 14.3. The molecule has 0 aliphatic carbocycles. The number of unbranched alkanes of at least 4 members (excludes halogenated alkanes) is 2. The molecule has 1 N–H and O–H groups in total. The number of hydrogen-bond acceptors (Lipinski definition) is 4. The summed E-state index contributed by atoms with van der Waals surface area (Å²) in [5, 5.41) is 0. The molecule has 1 aromatic carbocycles. The summed E-state index contributed by atoms with van der Waals surface area (Å²) < 4.78 is 32.2. The predicted molar refractivity (Wildman–Crippen MR) is 91.3 cm³/mol. The topological polar surface area (TPSA) is 68.3 Å². The van der Waals surface area contributed by atoms with Gasteiger partial charge in [-0.05, 0) is 36.6 Å². The molecule has 0 saturated heterocycles. The van der Waals surface area contributed by atoms with Gasteiger partial charge < -0.3 is 4.74 Å². The average Bonchev–Trinajstić information content (AvgIpc) is 2.56. The van der Waals surface area contributed by atoms with Crippen molar-refractivity contribution in [1.29, 1.82) is 0 Å². The van der Waals surface area contributed by atoms with Gasteiger partial charge in [-0.25, -0.2) is 13.4 Å². The Morgan fingerprint density at radius 3 is 2.39 bits per heavy atom. The number of aryl methyl sites for hydroxylation is 1. The van der Waals surface area contributed by atoms with Crippen molar-refractivity contribution >= 4 is 15.7 Å². The van der Waals surface area contributed by atoms with Crippen LogP contribution in [0.1, 0.15) is 31.7 Å². The number of aromatic nitrogens is 1. The number of hydrogen-bond donors (Lipinski definition) is 1. The average molecular weight is 334 g/mol. The van der Waals surface area contributed by atoms with E-state index >= 15 is 0 Å². The maximum Gasteiger partial charge on any atom is 0.261 e. The molecule has 2 aromatic rings. The fourth-order valence-electron chi connectivity index (χ4n) is 2.19. The fraction of sp³-hybridized carbons (Fsp3) is 0.353. The van der Waals surface area contributed by atoms with Gasteiger partial charge in [0.2, 0.25) is 5.88 Å². The smallest absolute Gasteiger partial charge is 0.261 e. The number of benzene rings is 1. The summed E-state index contributed by atoms with van der Waals surface area (Å²) in [7, 11) is -2.10. The summed E-state index contributed by atoms with van der Waals surface area (Å²) in [4.78, 5) is 4.22. The lowest BCUT2D eigenvalue weighted by molar-refractivity contribution is 0.398. The standard InChI is InChI=1S/C17H22N2O3S/c1-3-4-5-6-14-7-10-16(11-8-14)23(20,21)19-15-9-12-17(22-2)18-13-15/h7-13,19H,3-6H2,1-2H3. The van der Waals surface area contributed by atoms with Crippen LogP contribution < -0.4 is 9.46 Å². The molecule has 0 atom stereocenters. The SMILES string of the molecule is CCCCCc1ccc(S(=O)(=O)Nc2ccc(OC)nc2)cc1. The zero-order chi connectivity index (χ0) is 16.7. The van der Waals surface area contributed by atoms with E-state index < -0.39 is 10.0 Å². The van der Waals surface area contributed by atoms with Crippen LogP contribution in [0, 0.1) is 0 Å². The van der Waals surface area contributed by atoms with Crippen molar-refractivity contribution in [2.45, 2.75) is 37.5 Å². The number of nitrogens with zero attached hydrogens (tertiary/aromatic N) is 1. The lowest BCUT2D eigenvalue weighted by Crippen LogP contribution is -2.13. The van der Waals surface area contributed by atoms with E-state index in [-0.39, 0.29) is 4.90 Å². The molecular formula is C17H22N2O3S. The van der Waals surface area contributed by atoms with E-state index in [0.29, 0.717) is 11.6 Å².